The van der Waals surface area contributed by atoms with Crippen molar-refractivity contribution < 1.29 is 9.90 Å². The van der Waals surface area contributed by atoms with Gasteiger partial charge in [0.25, 0.3) is 5.91 Å². The van der Waals surface area contributed by atoms with E-state index in [0.29, 0.717) is 24.9 Å². The van der Waals surface area contributed by atoms with Crippen LogP contribution in [0, 0.1) is 5.92 Å². The fourth-order valence-electron chi connectivity index (χ4n) is 3.66. The van der Waals surface area contributed by atoms with E-state index in [4.69, 9.17) is 0 Å². The molecule has 0 radical (unpaired) electrons. The van der Waals surface area contributed by atoms with Gasteiger partial charge in [-0.05, 0) is 52.5 Å². The largest absolute Gasteiger partial charge is 0.379 e. The van der Waals surface area contributed by atoms with Crippen molar-refractivity contribution in [1.82, 2.24) is 9.80 Å². The third-order valence-corrected chi connectivity index (χ3v) is 5.30. The molecule has 0 aromatic heterocycles. The SMILES string of the molecule is CC(C)N(C)CC1(O)CCCN(CC2CCCCC2)C1=O. The summed E-state index contributed by atoms with van der Waals surface area (Å²) in [6, 6.07) is 0.343. The Kier molecular flexibility index (Phi) is 5.67. The van der Waals surface area contributed by atoms with E-state index in [2.05, 4.69) is 18.7 Å². The number of carbonyl (C=O) groups excluding carboxylic acids is 1. The third kappa shape index (κ3) is 4.19. The Labute approximate surface area is 129 Å². The lowest BCUT2D eigenvalue weighted by molar-refractivity contribution is -0.160. The standard InChI is InChI=1S/C17H32N2O2/c1-14(2)18(3)13-17(21)10-7-11-19(16(17)20)12-15-8-5-4-6-9-15/h14-15,21H,4-13H2,1-3H3. The predicted octanol–water partition coefficient (Wildman–Crippen LogP) is 2.26. The Balaban J connectivity index is 1.96. The zero-order chi connectivity index (χ0) is 15.5. The molecule has 0 aromatic rings. The zero-order valence-electron chi connectivity index (χ0n) is 14.0. The normalized spacial score (nSPS) is 28.7. The number of hydrogen-bond acceptors (Lipinski definition) is 3. The summed E-state index contributed by atoms with van der Waals surface area (Å²) in [5, 5.41) is 10.8. The van der Waals surface area contributed by atoms with Crippen LogP contribution in [0.25, 0.3) is 0 Å². The topological polar surface area (TPSA) is 43.8 Å². The van der Waals surface area contributed by atoms with E-state index in [1.54, 1.807) is 0 Å². The van der Waals surface area contributed by atoms with Crippen LogP contribution in [0.2, 0.25) is 0 Å². The summed E-state index contributed by atoms with van der Waals surface area (Å²) in [6.07, 6.45) is 7.95. The van der Waals surface area contributed by atoms with Gasteiger partial charge in [-0.2, -0.15) is 0 Å². The van der Waals surface area contributed by atoms with Crippen molar-refractivity contribution >= 4 is 5.91 Å². The number of likely N-dealkylation sites (N-methyl/N-ethyl adjacent to an activating group) is 1. The van der Waals surface area contributed by atoms with E-state index in [1.165, 1.54) is 32.1 Å². The Bertz CT molecular complexity index is 353. The number of amides is 1. The maximum atomic E-state index is 12.7. The minimum Gasteiger partial charge on any atom is -0.379 e. The number of aliphatic hydroxyl groups is 1. The van der Waals surface area contributed by atoms with Crippen molar-refractivity contribution in [2.45, 2.75) is 70.4 Å². The average Bonchev–Trinajstić information content (AvgIpc) is 2.45. The van der Waals surface area contributed by atoms with Gasteiger partial charge in [-0.25, -0.2) is 0 Å². The Morgan fingerprint density at radius 2 is 1.95 bits per heavy atom. The van der Waals surface area contributed by atoms with Crippen LogP contribution in [0.4, 0.5) is 0 Å². The maximum absolute atomic E-state index is 12.7. The smallest absolute Gasteiger partial charge is 0.255 e. The average molecular weight is 296 g/mol. The molecule has 2 aliphatic rings. The highest BCUT2D eigenvalue weighted by atomic mass is 16.3. The number of carbonyl (C=O) groups is 1. The van der Waals surface area contributed by atoms with Crippen molar-refractivity contribution in [2.24, 2.45) is 5.92 Å². The molecule has 1 unspecified atom stereocenters. The lowest BCUT2D eigenvalue weighted by Gasteiger charge is -2.42. The van der Waals surface area contributed by atoms with Gasteiger partial charge in [0, 0.05) is 25.7 Å². The molecule has 122 valence electrons. The van der Waals surface area contributed by atoms with Gasteiger partial charge in [-0.1, -0.05) is 19.3 Å². The Hall–Kier alpha value is -0.610. The molecule has 0 spiro atoms. The van der Waals surface area contributed by atoms with Gasteiger partial charge in [-0.3, -0.25) is 4.79 Å². The van der Waals surface area contributed by atoms with Gasteiger partial charge in [0.15, 0.2) is 5.60 Å². The molecule has 4 heteroatoms. The summed E-state index contributed by atoms with van der Waals surface area (Å²) in [5.41, 5.74) is -1.17. The highest BCUT2D eigenvalue weighted by Crippen LogP contribution is 2.29. The van der Waals surface area contributed by atoms with Gasteiger partial charge in [0.2, 0.25) is 0 Å². The van der Waals surface area contributed by atoms with E-state index in [-0.39, 0.29) is 5.91 Å². The summed E-state index contributed by atoms with van der Waals surface area (Å²) >= 11 is 0. The van der Waals surface area contributed by atoms with Crippen LogP contribution in [0.5, 0.6) is 0 Å². The molecule has 0 bridgehead atoms. The molecule has 1 N–H and O–H groups in total. The fourth-order valence-corrected chi connectivity index (χ4v) is 3.66. The van der Waals surface area contributed by atoms with Crippen LogP contribution >= 0.6 is 0 Å². The van der Waals surface area contributed by atoms with E-state index >= 15 is 0 Å². The lowest BCUT2D eigenvalue weighted by atomic mass is 9.86. The van der Waals surface area contributed by atoms with Crippen LogP contribution in [-0.2, 0) is 4.79 Å². The molecule has 1 aliphatic carbocycles. The van der Waals surface area contributed by atoms with Gasteiger partial charge < -0.3 is 14.9 Å². The second kappa shape index (κ2) is 7.10. The number of likely N-dealkylation sites (tertiary alicyclic amines) is 1. The molecule has 1 saturated heterocycles. The van der Waals surface area contributed by atoms with Crippen molar-refractivity contribution in [3.05, 3.63) is 0 Å². The molecule has 1 amide bonds. The van der Waals surface area contributed by atoms with Crippen molar-refractivity contribution in [1.29, 1.82) is 0 Å². The van der Waals surface area contributed by atoms with Gasteiger partial charge in [-0.15, -0.1) is 0 Å². The molecule has 1 aliphatic heterocycles. The molecule has 2 rings (SSSR count). The van der Waals surface area contributed by atoms with Crippen molar-refractivity contribution in [3.8, 4) is 0 Å². The molecule has 4 nitrogen and oxygen atoms in total. The highest BCUT2D eigenvalue weighted by molar-refractivity contribution is 5.86. The minimum absolute atomic E-state index is 0.0353. The quantitative estimate of drug-likeness (QED) is 0.846. The maximum Gasteiger partial charge on any atom is 0.255 e. The van der Waals surface area contributed by atoms with Crippen molar-refractivity contribution in [3.63, 3.8) is 0 Å². The molecule has 1 heterocycles. The van der Waals surface area contributed by atoms with Crippen LogP contribution in [-0.4, -0.2) is 59.1 Å². The zero-order valence-corrected chi connectivity index (χ0v) is 14.0. The molecular formula is C17H32N2O2. The summed E-state index contributed by atoms with van der Waals surface area (Å²) in [7, 11) is 1.98. The minimum atomic E-state index is -1.17. The summed E-state index contributed by atoms with van der Waals surface area (Å²) in [5.74, 6) is 0.611. The first-order chi connectivity index (χ1) is 9.92. The first kappa shape index (κ1) is 16.8. The first-order valence-corrected chi connectivity index (χ1v) is 8.64. The highest BCUT2D eigenvalue weighted by Gasteiger charge is 2.43. The summed E-state index contributed by atoms with van der Waals surface area (Å²) in [6.45, 7) is 6.31. The lowest BCUT2D eigenvalue weighted by Crippen LogP contribution is -2.59. The van der Waals surface area contributed by atoms with E-state index in [1.807, 2.05) is 11.9 Å². The van der Waals surface area contributed by atoms with E-state index < -0.39 is 5.60 Å². The summed E-state index contributed by atoms with van der Waals surface area (Å²) in [4.78, 5) is 16.7. The van der Waals surface area contributed by atoms with Gasteiger partial charge in [0.1, 0.15) is 0 Å². The molecule has 1 atom stereocenters. The van der Waals surface area contributed by atoms with Crippen molar-refractivity contribution in [2.75, 3.05) is 26.7 Å². The predicted molar refractivity (Wildman–Crippen MR) is 85.1 cm³/mol. The molecule has 2 fully saturated rings. The first-order valence-electron chi connectivity index (χ1n) is 8.64. The Morgan fingerprint density at radius 3 is 2.57 bits per heavy atom. The number of piperidine rings is 1. The van der Waals surface area contributed by atoms with Gasteiger partial charge in [0.05, 0.1) is 0 Å². The second-order valence-corrected chi connectivity index (χ2v) is 7.40. The third-order valence-electron chi connectivity index (χ3n) is 5.30. The number of rotatable bonds is 5. The monoisotopic (exact) mass is 296 g/mol. The second-order valence-electron chi connectivity index (χ2n) is 7.40. The molecule has 1 saturated carbocycles. The summed E-state index contributed by atoms with van der Waals surface area (Å²) < 4.78 is 0. The molecular weight excluding hydrogens is 264 g/mol. The van der Waals surface area contributed by atoms with Crippen LogP contribution in [0.15, 0.2) is 0 Å². The Morgan fingerprint density at radius 1 is 1.29 bits per heavy atom. The molecule has 0 aromatic carbocycles. The van der Waals surface area contributed by atoms with Crippen LogP contribution < -0.4 is 0 Å². The van der Waals surface area contributed by atoms with E-state index in [0.717, 1.165) is 19.5 Å². The molecule has 21 heavy (non-hydrogen) atoms. The van der Waals surface area contributed by atoms with E-state index in [9.17, 15) is 9.90 Å². The van der Waals surface area contributed by atoms with Crippen LogP contribution in [0.3, 0.4) is 0 Å². The van der Waals surface area contributed by atoms with Gasteiger partial charge >= 0.3 is 0 Å². The number of nitrogens with zero attached hydrogens (tertiary/aromatic N) is 2. The fraction of sp³-hybridized carbons (Fsp3) is 0.941. The van der Waals surface area contributed by atoms with Crippen LogP contribution in [0.1, 0.15) is 58.8 Å². The number of hydrogen-bond donors (Lipinski definition) is 1.